The van der Waals surface area contributed by atoms with Crippen LogP contribution in [-0.2, 0) is 11.2 Å². The van der Waals surface area contributed by atoms with Crippen molar-refractivity contribution < 1.29 is 4.79 Å². The van der Waals surface area contributed by atoms with Gasteiger partial charge in [0.15, 0.2) is 0 Å². The Morgan fingerprint density at radius 1 is 1.12 bits per heavy atom. The first-order valence-electron chi connectivity index (χ1n) is 8.76. The minimum atomic E-state index is 0.208. The van der Waals surface area contributed by atoms with Crippen molar-refractivity contribution >= 4 is 11.6 Å². The summed E-state index contributed by atoms with van der Waals surface area (Å²) in [6, 6.07) is 14.3. The molecule has 2 N–H and O–H groups in total. The molecule has 126 valence electrons. The third kappa shape index (κ3) is 3.45. The molecule has 0 aliphatic carbocycles. The average molecular weight is 322 g/mol. The number of nitrogen functional groups attached to an aromatic ring is 1. The van der Waals surface area contributed by atoms with E-state index in [1.54, 1.807) is 0 Å². The van der Waals surface area contributed by atoms with E-state index in [1.807, 2.05) is 24.3 Å². The first-order valence-corrected chi connectivity index (χ1v) is 8.76. The monoisotopic (exact) mass is 322 g/mol. The van der Waals surface area contributed by atoms with Crippen LogP contribution in [0.5, 0.6) is 0 Å². The van der Waals surface area contributed by atoms with Gasteiger partial charge in [-0.2, -0.15) is 0 Å². The van der Waals surface area contributed by atoms with Crippen LogP contribution in [-0.4, -0.2) is 17.4 Å². The molecule has 3 nitrogen and oxygen atoms in total. The predicted octanol–water partition coefficient (Wildman–Crippen LogP) is 4.18. The Bertz CT molecular complexity index is 721. The van der Waals surface area contributed by atoms with Crippen LogP contribution in [0, 0.1) is 13.8 Å². The van der Waals surface area contributed by atoms with Gasteiger partial charge in [-0.25, -0.2) is 0 Å². The van der Waals surface area contributed by atoms with Gasteiger partial charge in [0.05, 0.1) is 12.5 Å². The van der Waals surface area contributed by atoms with E-state index in [1.165, 1.54) is 23.1 Å². The number of rotatable bonds is 3. The van der Waals surface area contributed by atoms with Crippen LogP contribution in [0.1, 0.15) is 47.6 Å². The summed E-state index contributed by atoms with van der Waals surface area (Å²) in [7, 11) is 0. The second-order valence-electron chi connectivity index (χ2n) is 6.81. The van der Waals surface area contributed by atoms with Gasteiger partial charge in [-0.05, 0) is 67.5 Å². The summed E-state index contributed by atoms with van der Waals surface area (Å²) in [4.78, 5) is 15.0. The largest absolute Gasteiger partial charge is 0.399 e. The minimum Gasteiger partial charge on any atom is -0.399 e. The maximum atomic E-state index is 12.9. The molecule has 0 bridgehead atoms. The number of likely N-dealkylation sites (tertiary alicyclic amines) is 1. The highest BCUT2D eigenvalue weighted by atomic mass is 16.2. The lowest BCUT2D eigenvalue weighted by atomic mass is 9.90. The lowest BCUT2D eigenvalue weighted by molar-refractivity contribution is -0.134. The van der Waals surface area contributed by atoms with Crippen molar-refractivity contribution in [1.29, 1.82) is 0 Å². The molecule has 1 amide bonds. The fourth-order valence-electron chi connectivity index (χ4n) is 3.60. The molecule has 2 aromatic carbocycles. The standard InChI is InChI=1S/C21H26N2O/c1-15-6-5-7-19(16(15)2)20-8-3-4-13-23(20)21(24)14-17-9-11-18(22)12-10-17/h5-7,9-12,20H,3-4,8,13-14,22H2,1-2H3. The molecule has 24 heavy (non-hydrogen) atoms. The quantitative estimate of drug-likeness (QED) is 0.862. The number of benzene rings is 2. The summed E-state index contributed by atoms with van der Waals surface area (Å²) < 4.78 is 0. The van der Waals surface area contributed by atoms with Crippen LogP contribution in [0.15, 0.2) is 42.5 Å². The van der Waals surface area contributed by atoms with Crippen LogP contribution in [0.25, 0.3) is 0 Å². The third-order valence-corrected chi connectivity index (χ3v) is 5.16. The molecule has 1 fully saturated rings. The topological polar surface area (TPSA) is 46.3 Å². The average Bonchev–Trinajstić information content (AvgIpc) is 2.59. The highest BCUT2D eigenvalue weighted by molar-refractivity contribution is 5.79. The van der Waals surface area contributed by atoms with Gasteiger partial charge in [0.2, 0.25) is 5.91 Å². The number of anilines is 1. The summed E-state index contributed by atoms with van der Waals surface area (Å²) in [6.07, 6.45) is 3.78. The van der Waals surface area contributed by atoms with E-state index < -0.39 is 0 Å². The lowest BCUT2D eigenvalue weighted by Gasteiger charge is -2.37. The number of amides is 1. The van der Waals surface area contributed by atoms with E-state index in [0.29, 0.717) is 6.42 Å². The molecule has 1 heterocycles. The predicted molar refractivity (Wildman–Crippen MR) is 98.8 cm³/mol. The fourth-order valence-corrected chi connectivity index (χ4v) is 3.60. The molecule has 1 aliphatic heterocycles. The van der Waals surface area contributed by atoms with Gasteiger partial charge in [-0.1, -0.05) is 30.3 Å². The van der Waals surface area contributed by atoms with E-state index in [4.69, 9.17) is 5.73 Å². The van der Waals surface area contributed by atoms with Crippen LogP contribution >= 0.6 is 0 Å². The number of carbonyl (C=O) groups excluding carboxylic acids is 1. The Morgan fingerprint density at radius 2 is 1.88 bits per heavy atom. The number of hydrogen-bond donors (Lipinski definition) is 1. The van der Waals surface area contributed by atoms with Crippen molar-refractivity contribution in [2.24, 2.45) is 0 Å². The Balaban J connectivity index is 1.82. The molecular weight excluding hydrogens is 296 g/mol. The second kappa shape index (κ2) is 7.08. The number of piperidine rings is 1. The van der Waals surface area contributed by atoms with Crippen LogP contribution < -0.4 is 5.73 Å². The van der Waals surface area contributed by atoms with Crippen LogP contribution in [0.3, 0.4) is 0 Å². The third-order valence-electron chi connectivity index (χ3n) is 5.16. The molecule has 1 aliphatic rings. The van der Waals surface area contributed by atoms with Gasteiger partial charge < -0.3 is 10.6 Å². The maximum Gasteiger partial charge on any atom is 0.227 e. The summed E-state index contributed by atoms with van der Waals surface area (Å²) >= 11 is 0. The van der Waals surface area contributed by atoms with Gasteiger partial charge >= 0.3 is 0 Å². The number of nitrogens with zero attached hydrogens (tertiary/aromatic N) is 1. The smallest absolute Gasteiger partial charge is 0.227 e. The van der Waals surface area contributed by atoms with E-state index in [9.17, 15) is 4.79 Å². The van der Waals surface area contributed by atoms with Gasteiger partial charge in [0.1, 0.15) is 0 Å². The molecule has 0 aromatic heterocycles. The normalized spacial score (nSPS) is 17.8. The van der Waals surface area contributed by atoms with E-state index in [0.717, 1.165) is 30.6 Å². The molecule has 1 atom stereocenters. The number of hydrogen-bond acceptors (Lipinski definition) is 2. The Morgan fingerprint density at radius 3 is 2.62 bits per heavy atom. The second-order valence-corrected chi connectivity index (χ2v) is 6.81. The first kappa shape index (κ1) is 16.6. The fraction of sp³-hybridized carbons (Fsp3) is 0.381. The molecular formula is C21H26N2O. The van der Waals surface area contributed by atoms with Gasteiger partial charge in [-0.15, -0.1) is 0 Å². The molecule has 1 saturated heterocycles. The van der Waals surface area contributed by atoms with Crippen molar-refractivity contribution in [2.45, 2.75) is 45.6 Å². The van der Waals surface area contributed by atoms with Crippen LogP contribution in [0.4, 0.5) is 5.69 Å². The number of nitrogens with two attached hydrogens (primary N) is 1. The highest BCUT2D eigenvalue weighted by Gasteiger charge is 2.28. The van der Waals surface area contributed by atoms with E-state index in [2.05, 4.69) is 36.9 Å². The SMILES string of the molecule is Cc1cccc(C2CCCCN2C(=O)Cc2ccc(N)cc2)c1C. The Kier molecular flexibility index (Phi) is 4.89. The zero-order valence-electron chi connectivity index (χ0n) is 14.6. The van der Waals surface area contributed by atoms with E-state index in [-0.39, 0.29) is 11.9 Å². The summed E-state index contributed by atoms with van der Waals surface area (Å²) in [5.74, 6) is 0.213. The van der Waals surface area contributed by atoms with E-state index >= 15 is 0 Å². The van der Waals surface area contributed by atoms with Gasteiger partial charge in [-0.3, -0.25) is 4.79 Å². The molecule has 0 saturated carbocycles. The highest BCUT2D eigenvalue weighted by Crippen LogP contribution is 2.34. The summed E-state index contributed by atoms with van der Waals surface area (Å²) in [6.45, 7) is 5.16. The number of carbonyl (C=O) groups is 1. The van der Waals surface area contributed by atoms with Crippen molar-refractivity contribution in [3.05, 3.63) is 64.7 Å². The summed E-state index contributed by atoms with van der Waals surface area (Å²) in [5.41, 5.74) is 11.4. The van der Waals surface area contributed by atoms with Crippen molar-refractivity contribution in [3.63, 3.8) is 0 Å². The Hall–Kier alpha value is -2.29. The molecule has 3 rings (SSSR count). The number of aryl methyl sites for hydroxylation is 1. The lowest BCUT2D eigenvalue weighted by Crippen LogP contribution is -2.39. The minimum absolute atomic E-state index is 0.208. The molecule has 1 unspecified atom stereocenters. The van der Waals surface area contributed by atoms with Gasteiger partial charge in [0, 0.05) is 12.2 Å². The van der Waals surface area contributed by atoms with Crippen molar-refractivity contribution in [3.8, 4) is 0 Å². The zero-order chi connectivity index (χ0) is 17.1. The zero-order valence-corrected chi connectivity index (χ0v) is 14.6. The maximum absolute atomic E-state index is 12.9. The summed E-state index contributed by atoms with van der Waals surface area (Å²) in [5, 5.41) is 0. The van der Waals surface area contributed by atoms with Crippen molar-refractivity contribution in [2.75, 3.05) is 12.3 Å². The first-order chi connectivity index (χ1) is 11.6. The van der Waals surface area contributed by atoms with Crippen LogP contribution in [0.2, 0.25) is 0 Å². The molecule has 3 heteroatoms. The molecule has 0 spiro atoms. The van der Waals surface area contributed by atoms with Crippen molar-refractivity contribution in [1.82, 2.24) is 4.90 Å². The molecule has 2 aromatic rings. The Labute approximate surface area is 144 Å². The van der Waals surface area contributed by atoms with Gasteiger partial charge in [0.25, 0.3) is 0 Å². The molecule has 0 radical (unpaired) electrons.